The van der Waals surface area contributed by atoms with Crippen LogP contribution in [0.3, 0.4) is 0 Å². The summed E-state index contributed by atoms with van der Waals surface area (Å²) in [4.78, 5) is 15.5. The van der Waals surface area contributed by atoms with E-state index in [9.17, 15) is 4.79 Å². The summed E-state index contributed by atoms with van der Waals surface area (Å²) in [7, 11) is 0. The van der Waals surface area contributed by atoms with Crippen LogP contribution in [-0.2, 0) is 37.5 Å². The van der Waals surface area contributed by atoms with E-state index >= 15 is 0 Å². The summed E-state index contributed by atoms with van der Waals surface area (Å²) in [5, 5.41) is 0. The maximum absolute atomic E-state index is 13.4. The Labute approximate surface area is 172 Å². The van der Waals surface area contributed by atoms with E-state index in [-0.39, 0.29) is 38.8 Å². The molecular weight excluding hydrogens is 373 g/mol. The number of likely N-dealkylation sites (tertiary alicyclic amines) is 1. The molecule has 1 radical (unpaired) electrons. The fourth-order valence-electron chi connectivity index (χ4n) is 5.00. The van der Waals surface area contributed by atoms with Crippen molar-refractivity contribution in [2.75, 3.05) is 31.1 Å². The number of hydrogen-bond acceptors (Lipinski definition) is 1. The standard InChI is InChI=1S/C20H31N2O.Y/c1-5-22(11-6-7-12-22)18-9-8-10-21(20(18)23)19-16(3)13-15(2)14-17(19)4;/h13-14,18H,5-12H2,1-4H3;/q+1;. The number of amides is 1. The first-order valence-corrected chi connectivity index (χ1v) is 9.23. The quantitative estimate of drug-likeness (QED) is 0.703. The number of aryl methyl sites for hydroxylation is 3. The summed E-state index contributed by atoms with van der Waals surface area (Å²) in [6.45, 7) is 13.0. The van der Waals surface area contributed by atoms with Gasteiger partial charge in [0.15, 0.2) is 6.04 Å². The zero-order valence-corrected chi connectivity index (χ0v) is 18.6. The first kappa shape index (κ1) is 20.1. The third-order valence-corrected chi connectivity index (χ3v) is 6.06. The second-order valence-corrected chi connectivity index (χ2v) is 7.58. The van der Waals surface area contributed by atoms with Crippen LogP contribution in [-0.4, -0.2) is 42.6 Å². The van der Waals surface area contributed by atoms with Gasteiger partial charge in [-0.1, -0.05) is 17.7 Å². The van der Waals surface area contributed by atoms with Crippen LogP contribution >= 0.6 is 0 Å². The molecule has 2 heterocycles. The van der Waals surface area contributed by atoms with Crippen LogP contribution in [0, 0.1) is 20.8 Å². The van der Waals surface area contributed by atoms with Crippen molar-refractivity contribution in [3.05, 3.63) is 28.8 Å². The molecule has 2 aliphatic rings. The Kier molecular flexibility index (Phi) is 6.67. The van der Waals surface area contributed by atoms with Crippen LogP contribution < -0.4 is 4.90 Å². The van der Waals surface area contributed by atoms with E-state index in [2.05, 4.69) is 44.7 Å². The van der Waals surface area contributed by atoms with Gasteiger partial charge in [-0.2, -0.15) is 0 Å². The molecule has 0 aromatic heterocycles. The molecule has 3 nitrogen and oxygen atoms in total. The zero-order chi connectivity index (χ0) is 16.6. The smallest absolute Gasteiger partial charge is 0.285 e. The van der Waals surface area contributed by atoms with Crippen LogP contribution in [0.2, 0.25) is 0 Å². The molecule has 2 fully saturated rings. The maximum Gasteiger partial charge on any atom is 0.285 e. The molecule has 0 aliphatic carbocycles. The number of likely N-dealkylation sites (N-methyl/N-ethyl adjacent to an activating group) is 1. The second kappa shape index (κ2) is 7.97. The second-order valence-electron chi connectivity index (χ2n) is 7.58. The summed E-state index contributed by atoms with van der Waals surface area (Å²) >= 11 is 0. The van der Waals surface area contributed by atoms with E-state index in [1.807, 2.05) is 0 Å². The van der Waals surface area contributed by atoms with Gasteiger partial charge in [-0.3, -0.25) is 4.79 Å². The Balaban J connectivity index is 0.00000208. The summed E-state index contributed by atoms with van der Waals surface area (Å²) in [6.07, 6.45) is 4.75. The molecule has 1 atom stereocenters. The molecule has 0 spiro atoms. The number of anilines is 1. The van der Waals surface area contributed by atoms with Crippen molar-refractivity contribution in [1.82, 2.24) is 0 Å². The van der Waals surface area contributed by atoms with Gasteiger partial charge in [-0.05, 0) is 45.2 Å². The van der Waals surface area contributed by atoms with Gasteiger partial charge in [0.05, 0.1) is 19.6 Å². The molecule has 24 heavy (non-hydrogen) atoms. The fraction of sp³-hybridized carbons (Fsp3) is 0.650. The molecule has 0 bridgehead atoms. The van der Waals surface area contributed by atoms with Crippen molar-refractivity contribution in [3.8, 4) is 0 Å². The van der Waals surface area contributed by atoms with Crippen molar-refractivity contribution >= 4 is 11.6 Å². The Hall–Kier alpha value is -0.246. The van der Waals surface area contributed by atoms with Gasteiger partial charge in [-0.25, -0.2) is 0 Å². The largest absolute Gasteiger partial charge is 0.314 e. The minimum Gasteiger partial charge on any atom is -0.314 e. The number of piperidine rings is 1. The molecule has 2 saturated heterocycles. The SMILES string of the molecule is CC[N+]1(C2CCCN(c3c(C)cc(C)cc3C)C2=O)CCCC1.[Y]. The van der Waals surface area contributed by atoms with Gasteiger partial charge in [0.2, 0.25) is 0 Å². The molecule has 1 aromatic carbocycles. The number of hydrogen-bond donors (Lipinski definition) is 0. The molecule has 4 heteroatoms. The van der Waals surface area contributed by atoms with E-state index in [1.165, 1.54) is 48.3 Å². The Morgan fingerprint density at radius 3 is 2.21 bits per heavy atom. The molecule has 1 amide bonds. The summed E-state index contributed by atoms with van der Waals surface area (Å²) in [5.74, 6) is 0.370. The molecule has 0 N–H and O–H groups in total. The van der Waals surface area contributed by atoms with Crippen molar-refractivity contribution in [3.63, 3.8) is 0 Å². The maximum atomic E-state index is 13.4. The number of carbonyl (C=O) groups excluding carboxylic acids is 1. The Morgan fingerprint density at radius 2 is 1.67 bits per heavy atom. The topological polar surface area (TPSA) is 20.3 Å². The third-order valence-electron chi connectivity index (χ3n) is 6.06. The van der Waals surface area contributed by atoms with Gasteiger partial charge in [0.25, 0.3) is 5.91 Å². The van der Waals surface area contributed by atoms with Crippen molar-refractivity contribution < 1.29 is 42.0 Å². The van der Waals surface area contributed by atoms with Gasteiger partial charge in [0.1, 0.15) is 0 Å². The minimum absolute atomic E-state index is 0. The van der Waals surface area contributed by atoms with Crippen molar-refractivity contribution in [1.29, 1.82) is 0 Å². The number of nitrogens with zero attached hydrogens (tertiary/aromatic N) is 2. The summed E-state index contributed by atoms with van der Waals surface area (Å²) in [5.41, 5.74) is 4.92. The van der Waals surface area contributed by atoms with Crippen LogP contribution in [0.25, 0.3) is 0 Å². The van der Waals surface area contributed by atoms with Gasteiger partial charge < -0.3 is 9.38 Å². The van der Waals surface area contributed by atoms with E-state index in [0.29, 0.717) is 5.91 Å². The fourth-order valence-corrected chi connectivity index (χ4v) is 5.00. The van der Waals surface area contributed by atoms with Crippen LogP contribution in [0.5, 0.6) is 0 Å². The normalized spacial score (nSPS) is 23.2. The number of rotatable bonds is 3. The van der Waals surface area contributed by atoms with Crippen LogP contribution in [0.4, 0.5) is 5.69 Å². The molecule has 1 aromatic rings. The number of benzene rings is 1. The first-order valence-electron chi connectivity index (χ1n) is 9.23. The molecule has 2 aliphatic heterocycles. The van der Waals surface area contributed by atoms with Crippen molar-refractivity contribution in [2.45, 2.75) is 59.4 Å². The first-order chi connectivity index (χ1) is 11.0. The number of carbonyl (C=O) groups is 1. The van der Waals surface area contributed by atoms with E-state index in [1.54, 1.807) is 0 Å². The van der Waals surface area contributed by atoms with E-state index in [0.717, 1.165) is 30.4 Å². The third kappa shape index (κ3) is 3.50. The zero-order valence-electron chi connectivity index (χ0n) is 15.8. The summed E-state index contributed by atoms with van der Waals surface area (Å²) in [6, 6.07) is 4.59. The van der Waals surface area contributed by atoms with Gasteiger partial charge in [-0.15, -0.1) is 0 Å². The molecule has 1 unspecified atom stereocenters. The van der Waals surface area contributed by atoms with Gasteiger partial charge in [0, 0.05) is 64.2 Å². The minimum atomic E-state index is 0. The predicted molar refractivity (Wildman–Crippen MR) is 95.8 cm³/mol. The average Bonchev–Trinajstić information content (AvgIpc) is 2.98. The van der Waals surface area contributed by atoms with Gasteiger partial charge >= 0.3 is 0 Å². The molecular formula is C20H31N2OY+. The average molecular weight is 404 g/mol. The Morgan fingerprint density at radius 1 is 1.08 bits per heavy atom. The summed E-state index contributed by atoms with van der Waals surface area (Å²) < 4.78 is 1.03. The van der Waals surface area contributed by atoms with Crippen molar-refractivity contribution in [2.24, 2.45) is 0 Å². The van der Waals surface area contributed by atoms with Crippen LogP contribution in [0.1, 0.15) is 49.3 Å². The monoisotopic (exact) mass is 404 g/mol. The molecule has 3 rings (SSSR count). The van der Waals surface area contributed by atoms with Crippen LogP contribution in [0.15, 0.2) is 12.1 Å². The molecule has 129 valence electrons. The molecule has 0 saturated carbocycles. The van der Waals surface area contributed by atoms with E-state index < -0.39 is 0 Å². The predicted octanol–water partition coefficient (Wildman–Crippen LogP) is 3.74. The Bertz CT molecular complexity index is 585. The van der Waals surface area contributed by atoms with E-state index in [4.69, 9.17) is 0 Å². The number of quaternary nitrogens is 1.